The van der Waals surface area contributed by atoms with Crippen LogP contribution >= 0.6 is 11.8 Å². The predicted molar refractivity (Wildman–Crippen MR) is 107 cm³/mol. The third-order valence-corrected chi connectivity index (χ3v) is 4.95. The van der Waals surface area contributed by atoms with E-state index >= 15 is 0 Å². The normalized spacial score (nSPS) is 10.9. The minimum atomic E-state index is -0.615. The van der Waals surface area contributed by atoms with Gasteiger partial charge in [0, 0.05) is 5.69 Å². The zero-order valence-electron chi connectivity index (χ0n) is 15.9. The summed E-state index contributed by atoms with van der Waals surface area (Å²) in [4.78, 5) is 17.2. The van der Waals surface area contributed by atoms with Crippen LogP contribution in [0.25, 0.3) is 11.4 Å². The molecule has 1 amide bonds. The lowest BCUT2D eigenvalue weighted by Crippen LogP contribution is -2.18. The number of thioether (sulfide) groups is 1. The molecule has 2 aromatic carbocycles. The summed E-state index contributed by atoms with van der Waals surface area (Å²) >= 11 is 1.32. The Morgan fingerprint density at radius 1 is 1.10 bits per heavy atom. The number of aromatic nitrogens is 6. The molecule has 0 atom stereocenters. The maximum absolute atomic E-state index is 14.4. The van der Waals surface area contributed by atoms with Crippen molar-refractivity contribution in [2.75, 3.05) is 11.6 Å². The van der Waals surface area contributed by atoms with Crippen LogP contribution in [0.5, 0.6) is 0 Å². The van der Waals surface area contributed by atoms with Gasteiger partial charge in [-0.25, -0.2) is 13.8 Å². The van der Waals surface area contributed by atoms with Gasteiger partial charge < -0.3 is 5.32 Å². The van der Waals surface area contributed by atoms with E-state index < -0.39 is 17.5 Å². The van der Waals surface area contributed by atoms with Crippen LogP contribution < -0.4 is 5.32 Å². The number of amides is 1. The van der Waals surface area contributed by atoms with Crippen molar-refractivity contribution in [2.45, 2.75) is 12.1 Å². The van der Waals surface area contributed by atoms with Crippen LogP contribution in [0.4, 0.5) is 14.5 Å². The molecule has 0 fully saturated rings. The first-order valence-corrected chi connectivity index (χ1v) is 9.94. The van der Waals surface area contributed by atoms with Crippen molar-refractivity contribution in [1.82, 2.24) is 29.8 Å². The quantitative estimate of drug-likeness (QED) is 0.491. The topological polar surface area (TPSA) is 90.5 Å². The molecule has 0 bridgehead atoms. The maximum Gasteiger partial charge on any atom is 0.274 e. The molecule has 4 rings (SSSR count). The summed E-state index contributed by atoms with van der Waals surface area (Å²) in [6.07, 6.45) is 3.19. The van der Waals surface area contributed by atoms with Gasteiger partial charge in [-0.1, -0.05) is 11.8 Å². The minimum Gasteiger partial charge on any atom is -0.318 e. The molecule has 11 heteroatoms. The summed E-state index contributed by atoms with van der Waals surface area (Å²) in [6, 6.07) is 9.81. The Morgan fingerprint density at radius 2 is 1.83 bits per heavy atom. The molecule has 30 heavy (non-hydrogen) atoms. The van der Waals surface area contributed by atoms with Crippen LogP contribution in [0, 0.1) is 18.6 Å². The summed E-state index contributed by atoms with van der Waals surface area (Å²) in [5.41, 5.74) is 1.19. The van der Waals surface area contributed by atoms with E-state index in [4.69, 9.17) is 0 Å². The van der Waals surface area contributed by atoms with Gasteiger partial charge in [-0.3, -0.25) is 9.36 Å². The molecule has 0 aliphatic carbocycles. The van der Waals surface area contributed by atoms with Gasteiger partial charge in [0.1, 0.15) is 17.3 Å². The molecule has 2 heterocycles. The number of benzene rings is 2. The van der Waals surface area contributed by atoms with Crippen LogP contribution in [0.3, 0.4) is 0 Å². The average molecular weight is 427 g/mol. The highest BCUT2D eigenvalue weighted by Crippen LogP contribution is 2.24. The molecule has 2 aromatic heterocycles. The number of aryl methyl sites for hydroxylation is 1. The van der Waals surface area contributed by atoms with Crippen LogP contribution in [-0.2, 0) is 0 Å². The van der Waals surface area contributed by atoms with Gasteiger partial charge in [-0.15, -0.1) is 5.10 Å². The Hall–Kier alpha value is -3.60. The van der Waals surface area contributed by atoms with E-state index in [1.165, 1.54) is 65.1 Å². The monoisotopic (exact) mass is 427 g/mol. The predicted octanol–water partition coefficient (Wildman–Crippen LogP) is 3.41. The van der Waals surface area contributed by atoms with Gasteiger partial charge in [0.2, 0.25) is 0 Å². The standard InChI is InChI=1S/C19H15F2N7OS/c1-11-24-25-26-28(11)14-7-8-15(21)16(9-14)23-18(29)17-10-22-19(30-2)27(17)13-5-3-12(20)4-6-13/h3-10H,1-2H3,(H,23,29). The van der Waals surface area contributed by atoms with Crippen LogP contribution in [0.15, 0.2) is 53.8 Å². The van der Waals surface area contributed by atoms with Gasteiger partial charge in [-0.2, -0.15) is 4.68 Å². The lowest BCUT2D eigenvalue weighted by Gasteiger charge is -2.12. The first-order chi connectivity index (χ1) is 14.5. The van der Waals surface area contributed by atoms with Crippen molar-refractivity contribution in [3.05, 3.63) is 71.8 Å². The van der Waals surface area contributed by atoms with Crippen LogP contribution in [0.1, 0.15) is 16.3 Å². The number of rotatable bonds is 5. The molecule has 0 aliphatic heterocycles. The molecule has 4 aromatic rings. The number of hydrogen-bond donors (Lipinski definition) is 1. The lowest BCUT2D eigenvalue weighted by molar-refractivity contribution is 0.101. The molecule has 152 valence electrons. The fraction of sp³-hybridized carbons (Fsp3) is 0.105. The van der Waals surface area contributed by atoms with E-state index in [0.717, 1.165) is 0 Å². The molecule has 1 N–H and O–H groups in total. The third kappa shape index (κ3) is 3.66. The Labute approximate surface area is 173 Å². The fourth-order valence-electron chi connectivity index (χ4n) is 2.88. The zero-order valence-corrected chi connectivity index (χ0v) is 16.7. The van der Waals surface area contributed by atoms with Crippen LogP contribution in [-0.4, -0.2) is 41.9 Å². The van der Waals surface area contributed by atoms with E-state index in [-0.39, 0.29) is 11.4 Å². The number of imidazole rings is 1. The van der Waals surface area contributed by atoms with Gasteiger partial charge in [0.25, 0.3) is 5.91 Å². The van der Waals surface area contributed by atoms with Crippen molar-refractivity contribution in [3.8, 4) is 11.4 Å². The molecule has 0 saturated heterocycles. The fourth-order valence-corrected chi connectivity index (χ4v) is 3.42. The SMILES string of the molecule is CSc1ncc(C(=O)Nc2cc(-n3nnnc3C)ccc2F)n1-c1ccc(F)cc1. The second-order valence-corrected chi connectivity index (χ2v) is 6.97. The van der Waals surface area contributed by atoms with Gasteiger partial charge in [0.15, 0.2) is 11.0 Å². The number of anilines is 1. The first kappa shape index (κ1) is 19.7. The molecule has 0 radical (unpaired) electrons. The summed E-state index contributed by atoms with van der Waals surface area (Å²) in [7, 11) is 0. The molecular weight excluding hydrogens is 412 g/mol. The largest absolute Gasteiger partial charge is 0.318 e. The number of carbonyl (C=O) groups is 1. The Morgan fingerprint density at radius 3 is 2.50 bits per heavy atom. The van der Waals surface area contributed by atoms with Gasteiger partial charge in [-0.05, 0) is 66.1 Å². The molecule has 0 saturated carbocycles. The van der Waals surface area contributed by atoms with E-state index in [1.54, 1.807) is 11.5 Å². The summed E-state index contributed by atoms with van der Waals surface area (Å²) in [5, 5.41) is 14.3. The smallest absolute Gasteiger partial charge is 0.274 e. The highest BCUT2D eigenvalue weighted by atomic mass is 32.2. The molecule has 0 aliphatic rings. The maximum atomic E-state index is 14.4. The molecular formula is C19H15F2N7OS. The summed E-state index contributed by atoms with van der Waals surface area (Å²) in [5.74, 6) is -1.07. The minimum absolute atomic E-state index is 0.0371. The number of tetrazole rings is 1. The first-order valence-electron chi connectivity index (χ1n) is 8.72. The Kier molecular flexibility index (Phi) is 5.27. The average Bonchev–Trinajstić information content (AvgIpc) is 3.36. The summed E-state index contributed by atoms with van der Waals surface area (Å²) in [6.45, 7) is 1.70. The van der Waals surface area contributed by atoms with Crippen LogP contribution in [0.2, 0.25) is 0 Å². The number of nitrogens with zero attached hydrogens (tertiary/aromatic N) is 6. The highest BCUT2D eigenvalue weighted by molar-refractivity contribution is 7.98. The Bertz CT molecular complexity index is 1220. The van der Waals surface area contributed by atoms with Gasteiger partial charge in [0.05, 0.1) is 17.6 Å². The Balaban J connectivity index is 1.69. The second-order valence-electron chi connectivity index (χ2n) is 6.20. The van der Waals surface area contributed by atoms with E-state index in [1.807, 2.05) is 6.26 Å². The van der Waals surface area contributed by atoms with Crippen molar-refractivity contribution >= 4 is 23.4 Å². The van der Waals surface area contributed by atoms with Crippen molar-refractivity contribution in [1.29, 1.82) is 0 Å². The highest BCUT2D eigenvalue weighted by Gasteiger charge is 2.19. The number of halogens is 2. The third-order valence-electron chi connectivity index (χ3n) is 4.30. The van der Waals surface area contributed by atoms with E-state index in [9.17, 15) is 13.6 Å². The summed E-state index contributed by atoms with van der Waals surface area (Å²) < 4.78 is 30.7. The van der Waals surface area contributed by atoms with Crippen molar-refractivity contribution < 1.29 is 13.6 Å². The molecule has 0 unspecified atom stereocenters. The van der Waals surface area contributed by atoms with E-state index in [0.29, 0.717) is 22.4 Å². The number of hydrogen-bond acceptors (Lipinski definition) is 6. The molecule has 8 nitrogen and oxygen atoms in total. The van der Waals surface area contributed by atoms with E-state index in [2.05, 4.69) is 25.8 Å². The molecule has 0 spiro atoms. The number of nitrogens with one attached hydrogen (secondary N) is 1. The second kappa shape index (κ2) is 8.03. The number of carbonyl (C=O) groups excluding carboxylic acids is 1. The van der Waals surface area contributed by atoms with Crippen molar-refractivity contribution in [3.63, 3.8) is 0 Å². The van der Waals surface area contributed by atoms with Gasteiger partial charge >= 0.3 is 0 Å². The zero-order chi connectivity index (χ0) is 21.3. The van der Waals surface area contributed by atoms with Crippen molar-refractivity contribution in [2.24, 2.45) is 0 Å². The lowest BCUT2D eigenvalue weighted by atomic mass is 10.2.